The number of fused-ring (bicyclic) bond motifs is 2. The molecule has 12 nitrogen and oxygen atoms in total. The van der Waals surface area contributed by atoms with E-state index in [1.807, 2.05) is 36.5 Å². The lowest BCUT2D eigenvalue weighted by atomic mass is 9.93. The molecule has 0 amide bonds. The van der Waals surface area contributed by atoms with Crippen molar-refractivity contribution in [1.29, 1.82) is 0 Å². The summed E-state index contributed by atoms with van der Waals surface area (Å²) in [6.07, 6.45) is 8.57. The number of anilines is 1. The summed E-state index contributed by atoms with van der Waals surface area (Å²) in [6, 6.07) is 12.5. The lowest BCUT2D eigenvalue weighted by molar-refractivity contribution is -0.159. The van der Waals surface area contributed by atoms with Gasteiger partial charge in [0.25, 0.3) is 0 Å². The smallest absolute Gasteiger partial charge is 0.414 e. The first-order valence-corrected chi connectivity index (χ1v) is 13.6. The highest BCUT2D eigenvalue weighted by Gasteiger charge is 2.22. The standard InChI is InChI=1S/C27H29FN8.C2H2O4/c28-21-5-3-20(4-6-21)18-36-25(32-23-2-1-10-30-26(23)36)16-19-8-13-35(14-9-19)15-12-31-27-33-22-7-11-29-17-24(22)34-27;3-1(4)2(5)6/h1-7,10-11,17,19H,8-9,12-16,18H2,(H2,31,33,34);(H,3,4)(H,5,6). The van der Waals surface area contributed by atoms with Crippen LogP contribution < -0.4 is 5.32 Å². The highest BCUT2D eigenvalue weighted by Crippen LogP contribution is 2.24. The van der Waals surface area contributed by atoms with Gasteiger partial charge in [0, 0.05) is 31.9 Å². The number of carbonyl (C=O) groups is 2. The molecule has 5 aromatic rings. The van der Waals surface area contributed by atoms with Crippen LogP contribution in [0.15, 0.2) is 61.1 Å². The van der Waals surface area contributed by atoms with Gasteiger partial charge in [-0.15, -0.1) is 0 Å². The Labute approximate surface area is 240 Å². The second kappa shape index (κ2) is 13.2. The number of hydrogen-bond acceptors (Lipinski definition) is 8. The van der Waals surface area contributed by atoms with Crippen LogP contribution in [0.4, 0.5) is 10.3 Å². The van der Waals surface area contributed by atoms with Crippen molar-refractivity contribution in [3.8, 4) is 0 Å². The molecule has 0 saturated carbocycles. The average molecular weight is 575 g/mol. The van der Waals surface area contributed by atoms with Gasteiger partial charge in [0.2, 0.25) is 5.95 Å². The van der Waals surface area contributed by atoms with Crippen LogP contribution in [0, 0.1) is 11.7 Å². The third-order valence-corrected chi connectivity index (χ3v) is 7.20. The Hall–Kier alpha value is -4.91. The number of aliphatic carboxylic acids is 2. The number of pyridine rings is 2. The maximum absolute atomic E-state index is 13.4. The van der Waals surface area contributed by atoms with Crippen LogP contribution in [-0.2, 0) is 22.6 Å². The molecule has 4 N–H and O–H groups in total. The topological polar surface area (TPSA) is 162 Å². The van der Waals surface area contributed by atoms with Crippen molar-refractivity contribution in [2.75, 3.05) is 31.5 Å². The molecule has 0 unspecified atom stereocenters. The molecule has 1 aromatic carbocycles. The number of aromatic nitrogens is 6. The fraction of sp³-hybridized carbons (Fsp3) is 0.310. The SMILES string of the molecule is Fc1ccc(Cn2c(CC3CCN(CCNc4nc5ccncc5[nH]4)CC3)nc3cccnc32)cc1.O=C(O)C(=O)O. The molecular weight excluding hydrogens is 543 g/mol. The van der Waals surface area contributed by atoms with Crippen molar-refractivity contribution in [2.45, 2.75) is 25.8 Å². The zero-order valence-corrected chi connectivity index (χ0v) is 22.8. The monoisotopic (exact) mass is 574 g/mol. The van der Waals surface area contributed by atoms with Crippen molar-refractivity contribution in [3.63, 3.8) is 0 Å². The predicted octanol–water partition coefficient (Wildman–Crippen LogP) is 3.41. The first-order valence-electron chi connectivity index (χ1n) is 13.6. The predicted molar refractivity (Wildman–Crippen MR) is 154 cm³/mol. The number of halogens is 1. The summed E-state index contributed by atoms with van der Waals surface area (Å²) in [6.45, 7) is 4.62. The molecule has 5 heterocycles. The van der Waals surface area contributed by atoms with Gasteiger partial charge in [0.15, 0.2) is 5.65 Å². The normalized spacial score (nSPS) is 14.0. The number of imidazole rings is 2. The lowest BCUT2D eigenvalue weighted by Gasteiger charge is -2.31. The minimum absolute atomic E-state index is 0.218. The molecule has 4 aromatic heterocycles. The number of benzene rings is 1. The van der Waals surface area contributed by atoms with E-state index >= 15 is 0 Å². The number of likely N-dealkylation sites (tertiary alicyclic amines) is 1. The van der Waals surface area contributed by atoms with Crippen molar-refractivity contribution < 1.29 is 24.2 Å². The fourth-order valence-corrected chi connectivity index (χ4v) is 5.05. The lowest BCUT2D eigenvalue weighted by Crippen LogP contribution is -2.37. The summed E-state index contributed by atoms with van der Waals surface area (Å²) in [7, 11) is 0. The Morgan fingerprint density at radius 3 is 2.48 bits per heavy atom. The number of H-pyrrole nitrogens is 1. The Bertz CT molecular complexity index is 1620. The molecule has 1 aliphatic heterocycles. The van der Waals surface area contributed by atoms with Crippen molar-refractivity contribution in [1.82, 2.24) is 34.4 Å². The fourth-order valence-electron chi connectivity index (χ4n) is 5.05. The maximum atomic E-state index is 13.4. The van der Waals surface area contributed by atoms with E-state index in [1.165, 1.54) is 12.1 Å². The van der Waals surface area contributed by atoms with Crippen LogP contribution in [0.5, 0.6) is 0 Å². The van der Waals surface area contributed by atoms with Gasteiger partial charge in [-0.3, -0.25) is 4.98 Å². The van der Waals surface area contributed by atoms with Crippen LogP contribution in [0.2, 0.25) is 0 Å². The van der Waals surface area contributed by atoms with Crippen LogP contribution in [-0.4, -0.2) is 82.7 Å². The molecule has 1 aliphatic rings. The quantitative estimate of drug-likeness (QED) is 0.202. The van der Waals surface area contributed by atoms with E-state index in [1.54, 1.807) is 12.4 Å². The number of aromatic amines is 1. The van der Waals surface area contributed by atoms with Crippen LogP contribution in [0.25, 0.3) is 22.2 Å². The largest absolute Gasteiger partial charge is 0.473 e. The first kappa shape index (κ1) is 28.6. The van der Waals surface area contributed by atoms with Gasteiger partial charge in [0.05, 0.1) is 23.8 Å². The van der Waals surface area contributed by atoms with Crippen LogP contribution in [0.1, 0.15) is 24.2 Å². The average Bonchev–Trinajstić information content (AvgIpc) is 3.56. The summed E-state index contributed by atoms with van der Waals surface area (Å²) < 4.78 is 15.6. The highest BCUT2D eigenvalue weighted by atomic mass is 19.1. The van der Waals surface area contributed by atoms with E-state index in [0.29, 0.717) is 12.5 Å². The van der Waals surface area contributed by atoms with Gasteiger partial charge >= 0.3 is 11.9 Å². The molecule has 6 rings (SSSR count). The first-order chi connectivity index (χ1) is 20.4. The Kier molecular flexibility index (Phi) is 8.97. The van der Waals surface area contributed by atoms with Crippen LogP contribution >= 0.6 is 0 Å². The number of rotatable bonds is 8. The Morgan fingerprint density at radius 2 is 1.76 bits per heavy atom. The molecule has 0 atom stereocenters. The number of hydrogen-bond donors (Lipinski definition) is 4. The second-order valence-electron chi connectivity index (χ2n) is 10.1. The number of carboxylic acid groups (broad SMARTS) is 2. The molecule has 1 saturated heterocycles. The molecule has 13 heteroatoms. The molecule has 0 radical (unpaired) electrons. The third-order valence-electron chi connectivity index (χ3n) is 7.20. The third kappa shape index (κ3) is 7.23. The molecular formula is C29H31FN8O4. The van der Waals surface area contributed by atoms with Crippen LogP contribution in [0.3, 0.4) is 0 Å². The van der Waals surface area contributed by atoms with Crippen molar-refractivity contribution in [2.24, 2.45) is 5.92 Å². The Balaban J connectivity index is 0.000000535. The van der Waals surface area contributed by atoms with E-state index in [-0.39, 0.29) is 5.82 Å². The van der Waals surface area contributed by atoms with Gasteiger partial charge in [-0.25, -0.2) is 28.9 Å². The maximum Gasteiger partial charge on any atom is 0.414 e. The number of piperidine rings is 1. The number of nitrogens with one attached hydrogen (secondary N) is 2. The zero-order chi connectivity index (χ0) is 29.5. The van der Waals surface area contributed by atoms with Gasteiger partial charge < -0.3 is 30.0 Å². The van der Waals surface area contributed by atoms with Gasteiger partial charge in [-0.1, -0.05) is 12.1 Å². The van der Waals surface area contributed by atoms with Gasteiger partial charge in [-0.2, -0.15) is 0 Å². The molecule has 42 heavy (non-hydrogen) atoms. The van der Waals surface area contributed by atoms with Crippen molar-refractivity contribution >= 4 is 40.1 Å². The summed E-state index contributed by atoms with van der Waals surface area (Å²) in [5, 5.41) is 18.2. The minimum atomic E-state index is -1.82. The number of nitrogens with zero attached hydrogens (tertiary/aromatic N) is 6. The van der Waals surface area contributed by atoms with E-state index in [9.17, 15) is 4.39 Å². The summed E-state index contributed by atoms with van der Waals surface area (Å²) >= 11 is 0. The van der Waals surface area contributed by atoms with Gasteiger partial charge in [0.1, 0.15) is 17.2 Å². The van der Waals surface area contributed by atoms with Crippen molar-refractivity contribution in [3.05, 3.63) is 78.3 Å². The van der Waals surface area contributed by atoms with E-state index < -0.39 is 11.9 Å². The summed E-state index contributed by atoms with van der Waals surface area (Å²) in [5.74, 6) is -1.43. The minimum Gasteiger partial charge on any atom is -0.473 e. The highest BCUT2D eigenvalue weighted by molar-refractivity contribution is 6.27. The zero-order valence-electron chi connectivity index (χ0n) is 22.8. The Morgan fingerprint density at radius 1 is 1.00 bits per heavy atom. The van der Waals surface area contributed by atoms with E-state index in [0.717, 1.165) is 85.0 Å². The summed E-state index contributed by atoms with van der Waals surface area (Å²) in [5.41, 5.74) is 4.72. The van der Waals surface area contributed by atoms with E-state index in [2.05, 4.69) is 34.7 Å². The van der Waals surface area contributed by atoms with E-state index in [4.69, 9.17) is 24.8 Å². The molecule has 0 bridgehead atoms. The molecule has 218 valence electrons. The second-order valence-corrected chi connectivity index (χ2v) is 10.1. The number of carboxylic acids is 2. The van der Waals surface area contributed by atoms with Gasteiger partial charge in [-0.05, 0) is 67.7 Å². The molecule has 0 aliphatic carbocycles. The summed E-state index contributed by atoms with van der Waals surface area (Å²) in [4.78, 5) is 42.2. The molecule has 1 fully saturated rings. The molecule has 0 spiro atoms.